The Morgan fingerprint density at radius 2 is 1.61 bits per heavy atom. The Bertz CT molecular complexity index is 1130. The van der Waals surface area contributed by atoms with Crippen LogP contribution >= 0.6 is 0 Å². The average molecular weight is 530 g/mol. The van der Waals surface area contributed by atoms with Crippen molar-refractivity contribution in [2.75, 3.05) is 32.2 Å². The Balaban J connectivity index is 1.22. The first-order valence-corrected chi connectivity index (χ1v) is 13.3. The molecule has 5 rings (SSSR count). The zero-order chi connectivity index (χ0) is 27.0. The van der Waals surface area contributed by atoms with Crippen molar-refractivity contribution in [2.45, 2.75) is 63.3 Å². The molecule has 4 N–H and O–H groups in total. The maximum Gasteiger partial charge on any atom is 0.252 e. The molecule has 2 saturated heterocycles. The smallest absolute Gasteiger partial charge is 0.252 e. The molecular weight excluding hydrogens is 492 g/mol. The van der Waals surface area contributed by atoms with E-state index < -0.39 is 11.6 Å². The molecule has 2 heterocycles. The highest BCUT2D eigenvalue weighted by Gasteiger charge is 2.43. The lowest BCUT2D eigenvalue weighted by molar-refractivity contribution is 0.0915. The van der Waals surface area contributed by atoms with E-state index in [1.807, 2.05) is 24.3 Å². The number of carbonyl (C=O) groups is 1. The quantitative estimate of drug-likeness (QED) is 0.457. The van der Waals surface area contributed by atoms with E-state index in [0.717, 1.165) is 18.8 Å². The number of carbonyl (C=O) groups excluding carboxylic acids is 1. The molecule has 8 nitrogen and oxygen atoms in total. The third-order valence-electron chi connectivity index (χ3n) is 8.11. The summed E-state index contributed by atoms with van der Waals surface area (Å²) in [6.07, 6.45) is 1.51. The molecule has 0 bridgehead atoms. The van der Waals surface area contributed by atoms with Gasteiger partial charge in [-0.1, -0.05) is 0 Å². The van der Waals surface area contributed by atoms with Crippen molar-refractivity contribution in [3.63, 3.8) is 0 Å². The first kappa shape index (κ1) is 26.6. The van der Waals surface area contributed by atoms with Gasteiger partial charge in [-0.25, -0.2) is 14.2 Å². The van der Waals surface area contributed by atoms with Crippen LogP contribution in [-0.4, -0.2) is 57.5 Å². The van der Waals surface area contributed by atoms with Crippen LogP contribution in [0.5, 0.6) is 11.5 Å². The summed E-state index contributed by atoms with van der Waals surface area (Å²) in [6, 6.07) is 9.72. The summed E-state index contributed by atoms with van der Waals surface area (Å²) in [6.45, 7) is 6.20. The number of nitrogens with one attached hydrogen (secondary N) is 4. The van der Waals surface area contributed by atoms with E-state index in [1.54, 1.807) is 0 Å². The molecule has 2 aromatic rings. The van der Waals surface area contributed by atoms with Gasteiger partial charge < -0.3 is 25.0 Å². The van der Waals surface area contributed by atoms with E-state index in [9.17, 15) is 4.79 Å². The lowest BCUT2D eigenvalue weighted by Crippen LogP contribution is -2.54. The Kier molecular flexibility index (Phi) is 7.74. The van der Waals surface area contributed by atoms with Gasteiger partial charge in [0.15, 0.2) is 23.1 Å². The minimum atomic E-state index is -0.682. The van der Waals surface area contributed by atoms with Gasteiger partial charge in [-0.3, -0.25) is 10.2 Å². The lowest BCUT2D eigenvalue weighted by atomic mass is 9.75. The number of piperazine rings is 1. The van der Waals surface area contributed by atoms with E-state index in [2.05, 4.69) is 40.2 Å². The second kappa shape index (κ2) is 11.0. The predicted octanol–water partition coefficient (Wildman–Crippen LogP) is 3.28. The van der Waals surface area contributed by atoms with Crippen LogP contribution in [0.25, 0.3) is 0 Å². The monoisotopic (exact) mass is 529 g/mol. The molecule has 3 fully saturated rings. The maximum atomic E-state index is 15.1. The number of fused-ring (bicyclic) bond motifs is 1. The third-order valence-corrected chi connectivity index (χ3v) is 8.11. The number of hydrazine groups is 1. The van der Waals surface area contributed by atoms with Gasteiger partial charge in [0.2, 0.25) is 0 Å². The van der Waals surface area contributed by atoms with Crippen molar-refractivity contribution in [3.05, 3.63) is 53.1 Å². The molecule has 0 radical (unpaired) electrons. The number of rotatable bonds is 6. The van der Waals surface area contributed by atoms with Crippen LogP contribution in [0.15, 0.2) is 30.3 Å². The molecule has 0 aromatic heterocycles. The van der Waals surface area contributed by atoms with E-state index in [-0.39, 0.29) is 47.0 Å². The van der Waals surface area contributed by atoms with Crippen molar-refractivity contribution in [1.82, 2.24) is 21.5 Å². The van der Waals surface area contributed by atoms with Crippen molar-refractivity contribution < 1.29 is 23.0 Å². The van der Waals surface area contributed by atoms with Crippen LogP contribution in [0.1, 0.15) is 54.9 Å². The minimum Gasteiger partial charge on any atom is -0.494 e. The Morgan fingerprint density at radius 1 is 0.974 bits per heavy atom. The summed E-state index contributed by atoms with van der Waals surface area (Å²) in [7, 11) is 2.71. The first-order valence-electron chi connectivity index (χ1n) is 13.3. The van der Waals surface area contributed by atoms with E-state index in [4.69, 9.17) is 9.47 Å². The summed E-state index contributed by atoms with van der Waals surface area (Å²) in [5, 5.41) is 6.63. The average Bonchev–Trinajstić information content (AvgIpc) is 3.30. The fourth-order valence-electron chi connectivity index (χ4n) is 6.32. The Hall–Kier alpha value is -2.95. The van der Waals surface area contributed by atoms with Crippen LogP contribution in [0.3, 0.4) is 0 Å². The molecule has 38 heavy (non-hydrogen) atoms. The van der Waals surface area contributed by atoms with Crippen molar-refractivity contribution >= 4 is 11.6 Å². The number of nitrogens with zero attached hydrogens (tertiary/aromatic N) is 1. The van der Waals surface area contributed by atoms with Gasteiger partial charge in [0.1, 0.15) is 0 Å². The molecule has 1 amide bonds. The molecule has 2 aliphatic heterocycles. The summed E-state index contributed by atoms with van der Waals surface area (Å²) in [5.74, 6) is -1.83. The van der Waals surface area contributed by atoms with Gasteiger partial charge in [-0.05, 0) is 63.3 Å². The molecular formula is C28H37F2N5O3. The molecule has 1 saturated carbocycles. The molecule has 4 unspecified atom stereocenters. The maximum absolute atomic E-state index is 15.1. The Morgan fingerprint density at radius 3 is 2.21 bits per heavy atom. The second-order valence-corrected chi connectivity index (χ2v) is 10.8. The molecule has 1 aliphatic carbocycles. The number of ether oxygens (including phenoxy) is 2. The fourth-order valence-corrected chi connectivity index (χ4v) is 6.32. The number of hydrogen-bond donors (Lipinski definition) is 4. The largest absolute Gasteiger partial charge is 0.494 e. The van der Waals surface area contributed by atoms with Crippen LogP contribution < -0.4 is 35.9 Å². The number of hydrogen-bond acceptors (Lipinski definition) is 7. The topological polar surface area (TPSA) is 86.9 Å². The van der Waals surface area contributed by atoms with Crippen molar-refractivity contribution in [2.24, 2.45) is 5.92 Å². The van der Waals surface area contributed by atoms with Gasteiger partial charge in [0.25, 0.3) is 5.91 Å². The van der Waals surface area contributed by atoms with Gasteiger partial charge in [0, 0.05) is 60.0 Å². The summed E-state index contributed by atoms with van der Waals surface area (Å²) < 4.78 is 40.4. The van der Waals surface area contributed by atoms with Crippen molar-refractivity contribution in [3.8, 4) is 11.5 Å². The molecule has 2 aromatic carbocycles. The fraction of sp³-hybridized carbons (Fsp3) is 0.536. The molecule has 10 heteroatoms. The third kappa shape index (κ3) is 5.17. The first-order chi connectivity index (χ1) is 18.3. The summed E-state index contributed by atoms with van der Waals surface area (Å²) in [5.41, 5.74) is 8.12. The van der Waals surface area contributed by atoms with Gasteiger partial charge in [-0.2, -0.15) is 0 Å². The lowest BCUT2D eigenvalue weighted by Gasteiger charge is -2.37. The summed E-state index contributed by atoms with van der Waals surface area (Å²) >= 11 is 0. The van der Waals surface area contributed by atoms with Crippen molar-refractivity contribution in [1.29, 1.82) is 0 Å². The highest BCUT2D eigenvalue weighted by atomic mass is 19.1. The molecule has 6 atom stereocenters. The predicted molar refractivity (Wildman–Crippen MR) is 142 cm³/mol. The SMILES string of the molecule is COc1cc(OC)c(F)c(C2CCC3C(C2)NNC3NC(=O)c2ccc(N3C[C@@H](C)N[C@@H](C)C3)cc2)c1F. The van der Waals surface area contributed by atoms with Crippen LogP contribution in [0.2, 0.25) is 0 Å². The van der Waals surface area contributed by atoms with Crippen LogP contribution in [0.4, 0.5) is 14.5 Å². The second-order valence-electron chi connectivity index (χ2n) is 10.8. The zero-order valence-electron chi connectivity index (χ0n) is 22.3. The van der Waals surface area contributed by atoms with Gasteiger partial charge >= 0.3 is 0 Å². The normalized spacial score (nSPS) is 29.1. The van der Waals surface area contributed by atoms with Crippen LogP contribution in [-0.2, 0) is 0 Å². The minimum absolute atomic E-state index is 0.00213. The van der Waals surface area contributed by atoms with E-state index in [1.165, 1.54) is 20.3 Å². The van der Waals surface area contributed by atoms with Crippen LogP contribution in [0, 0.1) is 17.6 Å². The molecule has 3 aliphatic rings. The summed E-state index contributed by atoms with van der Waals surface area (Å²) in [4.78, 5) is 15.4. The van der Waals surface area contributed by atoms with E-state index in [0.29, 0.717) is 36.9 Å². The molecule has 0 spiro atoms. The molecule has 206 valence electrons. The highest BCUT2D eigenvalue weighted by Crippen LogP contribution is 2.44. The number of amides is 1. The number of anilines is 1. The number of benzene rings is 2. The number of halogens is 2. The van der Waals surface area contributed by atoms with Gasteiger partial charge in [0.05, 0.1) is 20.4 Å². The van der Waals surface area contributed by atoms with E-state index >= 15 is 8.78 Å². The highest BCUT2D eigenvalue weighted by molar-refractivity contribution is 5.94. The zero-order valence-corrected chi connectivity index (χ0v) is 22.3. The Labute approximate surface area is 222 Å². The van der Waals surface area contributed by atoms with Gasteiger partial charge in [-0.15, -0.1) is 0 Å². The number of methoxy groups -OCH3 is 2. The standard InChI is InChI=1S/C28H37F2N5O3/c1-15-13-35(14-16(2)31-15)19-8-5-17(6-9-19)28(36)32-27-20-10-7-18(11-21(20)33-34-27)24-25(29)22(37-3)12-23(38-4)26(24)30/h5-6,8-9,12,15-16,18,20-21,27,31,33-34H,7,10-11,13-14H2,1-4H3,(H,32,36)/t15-,16+,18?,20?,21?,27?.